The second-order valence-electron chi connectivity index (χ2n) is 6.16. The van der Waals surface area contributed by atoms with Gasteiger partial charge >= 0.3 is 0 Å². The van der Waals surface area contributed by atoms with Crippen LogP contribution >= 0.6 is 0 Å². The predicted molar refractivity (Wildman–Crippen MR) is 98.5 cm³/mol. The molecule has 0 radical (unpaired) electrons. The average Bonchev–Trinajstić information content (AvgIpc) is 2.64. The number of rotatable bonds is 6. The Labute approximate surface area is 139 Å². The van der Waals surface area contributed by atoms with Crippen molar-refractivity contribution in [2.45, 2.75) is 18.9 Å². The Morgan fingerprint density at radius 1 is 0.957 bits per heavy atom. The number of nitrogens with one attached hydrogen (secondary N) is 1. The molecule has 0 saturated carbocycles. The standard InChI is InChI=1S/C21H26N2/c1-2-3-9-21(23-16-14-22-15-17-23)20-12-10-19(11-13-20)18-7-5-4-6-8-18/h2,4-8,10-13,21-22H,1,3,9,14-17H2/t21-/m0/s1. The van der Waals surface area contributed by atoms with Gasteiger partial charge in [0.1, 0.15) is 0 Å². The van der Waals surface area contributed by atoms with Crippen LogP contribution < -0.4 is 5.32 Å². The highest BCUT2D eigenvalue weighted by atomic mass is 15.2. The third-order valence-corrected chi connectivity index (χ3v) is 4.64. The van der Waals surface area contributed by atoms with Gasteiger partial charge in [-0.25, -0.2) is 0 Å². The first kappa shape index (κ1) is 16.0. The molecule has 0 amide bonds. The maximum absolute atomic E-state index is 3.89. The van der Waals surface area contributed by atoms with E-state index in [0.29, 0.717) is 6.04 Å². The number of nitrogens with zero attached hydrogens (tertiary/aromatic N) is 1. The summed E-state index contributed by atoms with van der Waals surface area (Å²) in [6.45, 7) is 8.33. The molecule has 2 nitrogen and oxygen atoms in total. The van der Waals surface area contributed by atoms with Crippen molar-refractivity contribution in [1.29, 1.82) is 0 Å². The van der Waals surface area contributed by atoms with Gasteiger partial charge in [-0.3, -0.25) is 4.90 Å². The fraction of sp³-hybridized carbons (Fsp3) is 0.333. The molecule has 1 atom stereocenters. The molecule has 1 aliphatic heterocycles. The second kappa shape index (κ2) is 8.09. The largest absolute Gasteiger partial charge is 0.314 e. The molecule has 1 fully saturated rings. The van der Waals surface area contributed by atoms with Gasteiger partial charge in [0.05, 0.1) is 0 Å². The Bertz CT molecular complexity index is 597. The Balaban J connectivity index is 1.79. The molecule has 1 N–H and O–H groups in total. The van der Waals surface area contributed by atoms with Crippen LogP contribution in [0.1, 0.15) is 24.4 Å². The van der Waals surface area contributed by atoms with Gasteiger partial charge in [-0.15, -0.1) is 6.58 Å². The van der Waals surface area contributed by atoms with Crippen molar-refractivity contribution in [3.63, 3.8) is 0 Å². The first-order valence-corrected chi connectivity index (χ1v) is 8.59. The molecule has 2 aromatic rings. The Morgan fingerprint density at radius 2 is 1.61 bits per heavy atom. The van der Waals surface area contributed by atoms with Crippen LogP contribution in [-0.4, -0.2) is 31.1 Å². The molecule has 0 unspecified atom stereocenters. The Morgan fingerprint density at radius 3 is 2.26 bits per heavy atom. The number of allylic oxidation sites excluding steroid dienone is 1. The lowest BCUT2D eigenvalue weighted by atomic mass is 9.96. The molecule has 3 rings (SSSR count). The highest BCUT2D eigenvalue weighted by Gasteiger charge is 2.21. The van der Waals surface area contributed by atoms with E-state index in [-0.39, 0.29) is 0 Å². The summed E-state index contributed by atoms with van der Waals surface area (Å²) in [4.78, 5) is 2.61. The monoisotopic (exact) mass is 306 g/mol. The normalized spacial score (nSPS) is 16.9. The lowest BCUT2D eigenvalue weighted by Crippen LogP contribution is -2.45. The number of hydrogen-bond donors (Lipinski definition) is 1. The van der Waals surface area contributed by atoms with Gasteiger partial charge in [-0.1, -0.05) is 60.7 Å². The Hall–Kier alpha value is -1.90. The molecular weight excluding hydrogens is 280 g/mol. The van der Waals surface area contributed by atoms with Crippen LogP contribution in [0.25, 0.3) is 11.1 Å². The van der Waals surface area contributed by atoms with Crippen molar-refractivity contribution < 1.29 is 0 Å². The molecule has 1 saturated heterocycles. The first-order chi connectivity index (χ1) is 11.4. The minimum Gasteiger partial charge on any atom is -0.314 e. The van der Waals surface area contributed by atoms with E-state index in [0.717, 1.165) is 39.0 Å². The second-order valence-corrected chi connectivity index (χ2v) is 6.16. The van der Waals surface area contributed by atoms with Crippen molar-refractivity contribution in [1.82, 2.24) is 10.2 Å². The summed E-state index contributed by atoms with van der Waals surface area (Å²) < 4.78 is 0. The zero-order valence-electron chi connectivity index (χ0n) is 13.7. The van der Waals surface area contributed by atoms with Crippen LogP contribution in [0.3, 0.4) is 0 Å². The summed E-state index contributed by atoms with van der Waals surface area (Å²) in [5, 5.41) is 3.45. The minimum atomic E-state index is 0.500. The SMILES string of the molecule is C=CCC[C@@H](c1ccc(-c2ccccc2)cc1)N1CCNCC1. The lowest BCUT2D eigenvalue weighted by molar-refractivity contribution is 0.166. The van der Waals surface area contributed by atoms with E-state index in [1.807, 2.05) is 6.08 Å². The van der Waals surface area contributed by atoms with Crippen molar-refractivity contribution in [3.05, 3.63) is 72.8 Å². The van der Waals surface area contributed by atoms with Crippen LogP contribution in [0.2, 0.25) is 0 Å². The fourth-order valence-electron chi connectivity index (χ4n) is 3.36. The van der Waals surface area contributed by atoms with Gasteiger partial charge in [0.25, 0.3) is 0 Å². The van der Waals surface area contributed by atoms with Crippen LogP contribution in [0.5, 0.6) is 0 Å². The van der Waals surface area contributed by atoms with Gasteiger partial charge in [0.2, 0.25) is 0 Å². The van der Waals surface area contributed by atoms with Gasteiger partial charge < -0.3 is 5.32 Å². The highest BCUT2D eigenvalue weighted by Crippen LogP contribution is 2.28. The molecule has 0 aromatic heterocycles. The lowest BCUT2D eigenvalue weighted by Gasteiger charge is -2.35. The molecule has 1 heterocycles. The van der Waals surface area contributed by atoms with Gasteiger partial charge in [-0.2, -0.15) is 0 Å². The number of piperazine rings is 1. The maximum Gasteiger partial charge on any atom is 0.0352 e. The van der Waals surface area contributed by atoms with Crippen molar-refractivity contribution in [2.75, 3.05) is 26.2 Å². The molecule has 2 heteroatoms. The van der Waals surface area contributed by atoms with Crippen LogP contribution in [-0.2, 0) is 0 Å². The minimum absolute atomic E-state index is 0.500. The maximum atomic E-state index is 3.89. The summed E-state index contributed by atoms with van der Waals surface area (Å²) in [7, 11) is 0. The van der Waals surface area contributed by atoms with Crippen molar-refractivity contribution in [3.8, 4) is 11.1 Å². The summed E-state index contributed by atoms with van der Waals surface area (Å²) in [6.07, 6.45) is 4.25. The van der Waals surface area contributed by atoms with Crippen molar-refractivity contribution >= 4 is 0 Å². The first-order valence-electron chi connectivity index (χ1n) is 8.59. The van der Waals surface area contributed by atoms with E-state index in [2.05, 4.69) is 71.4 Å². The summed E-state index contributed by atoms with van der Waals surface area (Å²) in [5.41, 5.74) is 3.99. The fourth-order valence-corrected chi connectivity index (χ4v) is 3.36. The Kier molecular flexibility index (Phi) is 5.62. The van der Waals surface area contributed by atoms with E-state index < -0.39 is 0 Å². The third-order valence-electron chi connectivity index (χ3n) is 4.64. The van der Waals surface area contributed by atoms with Crippen molar-refractivity contribution in [2.24, 2.45) is 0 Å². The third kappa shape index (κ3) is 4.10. The van der Waals surface area contributed by atoms with Crippen LogP contribution in [0, 0.1) is 0 Å². The van der Waals surface area contributed by atoms with Gasteiger partial charge in [-0.05, 0) is 29.5 Å². The van der Waals surface area contributed by atoms with Crippen LogP contribution in [0.4, 0.5) is 0 Å². The number of hydrogen-bond acceptors (Lipinski definition) is 2. The van der Waals surface area contributed by atoms with E-state index >= 15 is 0 Å². The molecule has 0 spiro atoms. The quantitative estimate of drug-likeness (QED) is 0.802. The average molecular weight is 306 g/mol. The molecule has 23 heavy (non-hydrogen) atoms. The molecule has 0 aliphatic carbocycles. The van der Waals surface area contributed by atoms with Gasteiger partial charge in [0.15, 0.2) is 0 Å². The van der Waals surface area contributed by atoms with E-state index in [1.165, 1.54) is 16.7 Å². The predicted octanol–water partition coefficient (Wildman–Crippen LogP) is 4.27. The molecule has 1 aliphatic rings. The van der Waals surface area contributed by atoms with E-state index in [4.69, 9.17) is 0 Å². The van der Waals surface area contributed by atoms with E-state index in [9.17, 15) is 0 Å². The molecule has 2 aromatic carbocycles. The topological polar surface area (TPSA) is 15.3 Å². The number of benzene rings is 2. The molecule has 0 bridgehead atoms. The summed E-state index contributed by atoms with van der Waals surface area (Å²) in [6, 6.07) is 20.2. The summed E-state index contributed by atoms with van der Waals surface area (Å²) >= 11 is 0. The molecular formula is C21H26N2. The molecule has 120 valence electrons. The van der Waals surface area contributed by atoms with Gasteiger partial charge in [0, 0.05) is 32.2 Å². The zero-order chi connectivity index (χ0) is 15.9. The van der Waals surface area contributed by atoms with Crippen LogP contribution in [0.15, 0.2) is 67.3 Å². The summed E-state index contributed by atoms with van der Waals surface area (Å²) in [5.74, 6) is 0. The highest BCUT2D eigenvalue weighted by molar-refractivity contribution is 5.63. The zero-order valence-corrected chi connectivity index (χ0v) is 13.7. The smallest absolute Gasteiger partial charge is 0.0352 e. The van der Waals surface area contributed by atoms with E-state index in [1.54, 1.807) is 0 Å².